The van der Waals surface area contributed by atoms with Gasteiger partial charge in [-0.25, -0.2) is 8.42 Å². The summed E-state index contributed by atoms with van der Waals surface area (Å²) in [6, 6.07) is 11.6. The molecular formula is C22H27F3N3O3S+. The molecule has 174 valence electrons. The van der Waals surface area contributed by atoms with Gasteiger partial charge in [0.2, 0.25) is 10.0 Å². The highest BCUT2D eigenvalue weighted by Gasteiger charge is 2.34. The van der Waals surface area contributed by atoms with Crippen LogP contribution in [0.25, 0.3) is 0 Å². The van der Waals surface area contributed by atoms with Crippen molar-refractivity contribution < 1.29 is 31.3 Å². The first kappa shape index (κ1) is 24.2. The lowest BCUT2D eigenvalue weighted by Crippen LogP contribution is -3.15. The van der Waals surface area contributed by atoms with E-state index in [0.29, 0.717) is 19.0 Å². The van der Waals surface area contributed by atoms with Gasteiger partial charge in [0.15, 0.2) is 6.54 Å². The van der Waals surface area contributed by atoms with Crippen LogP contribution in [0, 0.1) is 0 Å². The van der Waals surface area contributed by atoms with Crippen LogP contribution in [0.3, 0.4) is 0 Å². The van der Waals surface area contributed by atoms with E-state index in [1.807, 2.05) is 26.0 Å². The molecule has 0 aromatic heterocycles. The van der Waals surface area contributed by atoms with Crippen molar-refractivity contribution in [2.24, 2.45) is 0 Å². The van der Waals surface area contributed by atoms with Crippen molar-refractivity contribution in [3.63, 3.8) is 0 Å². The first-order valence-electron chi connectivity index (χ1n) is 10.4. The molecular weight excluding hydrogens is 443 g/mol. The Labute approximate surface area is 186 Å². The number of nitrogens with one attached hydrogen (secondary N) is 2. The zero-order valence-corrected chi connectivity index (χ0v) is 18.8. The Kier molecular flexibility index (Phi) is 7.26. The molecule has 1 amide bonds. The lowest BCUT2D eigenvalue weighted by Gasteiger charge is -2.31. The Hall–Kier alpha value is -2.43. The minimum Gasteiger partial charge on any atom is -0.325 e. The molecule has 10 heteroatoms. The molecule has 6 nitrogen and oxygen atoms in total. The predicted molar refractivity (Wildman–Crippen MR) is 115 cm³/mol. The van der Waals surface area contributed by atoms with E-state index in [1.165, 1.54) is 22.5 Å². The van der Waals surface area contributed by atoms with Crippen molar-refractivity contribution in [2.75, 3.05) is 38.0 Å². The van der Waals surface area contributed by atoms with Crippen molar-refractivity contribution in [3.05, 3.63) is 59.7 Å². The molecule has 2 aromatic rings. The number of amides is 1. The van der Waals surface area contributed by atoms with Crippen LogP contribution < -0.4 is 10.2 Å². The van der Waals surface area contributed by atoms with Crippen molar-refractivity contribution >= 4 is 21.6 Å². The van der Waals surface area contributed by atoms with Crippen molar-refractivity contribution in [1.29, 1.82) is 0 Å². The highest BCUT2D eigenvalue weighted by Crippen LogP contribution is 2.34. The van der Waals surface area contributed by atoms with Gasteiger partial charge in [-0.05, 0) is 35.7 Å². The number of sulfonamides is 1. The van der Waals surface area contributed by atoms with E-state index in [-0.39, 0.29) is 30.2 Å². The number of hydrogen-bond donors (Lipinski definition) is 2. The minimum atomic E-state index is -4.57. The average molecular weight is 471 g/mol. The third-order valence-electron chi connectivity index (χ3n) is 5.53. The van der Waals surface area contributed by atoms with E-state index in [4.69, 9.17) is 0 Å². The number of benzene rings is 2. The fraction of sp³-hybridized carbons (Fsp3) is 0.409. The van der Waals surface area contributed by atoms with Gasteiger partial charge in [0.25, 0.3) is 5.91 Å². The second-order valence-electron chi connectivity index (χ2n) is 8.15. The average Bonchev–Trinajstić information content (AvgIpc) is 2.73. The highest BCUT2D eigenvalue weighted by molar-refractivity contribution is 7.89. The van der Waals surface area contributed by atoms with Crippen LogP contribution in [0.4, 0.5) is 18.9 Å². The fourth-order valence-electron chi connectivity index (χ4n) is 3.65. The zero-order valence-electron chi connectivity index (χ0n) is 17.9. The monoisotopic (exact) mass is 470 g/mol. The van der Waals surface area contributed by atoms with Crippen LogP contribution in [0.1, 0.15) is 30.9 Å². The number of anilines is 1. The van der Waals surface area contributed by atoms with E-state index >= 15 is 0 Å². The number of para-hydroxylation sites is 1. The first-order chi connectivity index (χ1) is 15.0. The van der Waals surface area contributed by atoms with Crippen molar-refractivity contribution in [1.82, 2.24) is 4.31 Å². The maximum absolute atomic E-state index is 13.1. The molecule has 32 heavy (non-hydrogen) atoms. The molecule has 1 aliphatic rings. The summed E-state index contributed by atoms with van der Waals surface area (Å²) in [4.78, 5) is 13.4. The van der Waals surface area contributed by atoms with Gasteiger partial charge in [-0.15, -0.1) is 0 Å². The van der Waals surface area contributed by atoms with Crippen LogP contribution in [-0.4, -0.2) is 51.4 Å². The molecule has 0 aliphatic carbocycles. The van der Waals surface area contributed by atoms with E-state index in [1.54, 1.807) is 12.1 Å². The van der Waals surface area contributed by atoms with Gasteiger partial charge in [0.1, 0.15) is 0 Å². The fourth-order valence-corrected chi connectivity index (χ4v) is 5.10. The molecule has 0 unspecified atom stereocenters. The van der Waals surface area contributed by atoms with Crippen LogP contribution in [0.5, 0.6) is 0 Å². The van der Waals surface area contributed by atoms with Gasteiger partial charge in [0.05, 0.1) is 42.3 Å². The number of rotatable bonds is 6. The summed E-state index contributed by atoms with van der Waals surface area (Å²) < 4.78 is 66.5. The second kappa shape index (κ2) is 9.60. The van der Waals surface area contributed by atoms with Crippen LogP contribution >= 0.6 is 0 Å². The second-order valence-corrected chi connectivity index (χ2v) is 10.1. The van der Waals surface area contributed by atoms with Crippen molar-refractivity contribution in [2.45, 2.75) is 30.8 Å². The molecule has 0 spiro atoms. The third kappa shape index (κ3) is 5.67. The molecule has 0 atom stereocenters. The number of carbonyl (C=O) groups excluding carboxylic acids is 1. The summed E-state index contributed by atoms with van der Waals surface area (Å²) >= 11 is 0. The molecule has 0 saturated carbocycles. The number of piperazine rings is 1. The number of halogens is 3. The molecule has 0 radical (unpaired) electrons. The largest absolute Gasteiger partial charge is 0.418 e. The normalized spacial score (nSPS) is 16.3. The molecule has 2 aromatic carbocycles. The molecule has 3 rings (SSSR count). The van der Waals surface area contributed by atoms with Crippen molar-refractivity contribution in [3.8, 4) is 0 Å². The quantitative estimate of drug-likeness (QED) is 0.681. The third-order valence-corrected chi connectivity index (χ3v) is 7.44. The number of hydrogen-bond acceptors (Lipinski definition) is 3. The van der Waals surface area contributed by atoms with Crippen LogP contribution in [0.15, 0.2) is 53.4 Å². The van der Waals surface area contributed by atoms with E-state index in [2.05, 4.69) is 5.32 Å². The van der Waals surface area contributed by atoms with Crippen LogP contribution in [-0.2, 0) is 21.0 Å². The summed E-state index contributed by atoms with van der Waals surface area (Å²) in [7, 11) is -3.63. The van der Waals surface area contributed by atoms with E-state index in [0.717, 1.165) is 16.5 Å². The standard InChI is InChI=1S/C22H26F3N3O3S/c1-16(2)17-7-9-18(10-8-17)32(30,31)28-13-11-27(12-14-28)15-21(29)26-20-6-4-3-5-19(20)22(23,24)25/h3-10,16H,11-15H2,1-2H3,(H,26,29)/p+1. The summed E-state index contributed by atoms with van der Waals surface area (Å²) in [6.45, 7) is 5.26. The highest BCUT2D eigenvalue weighted by atomic mass is 32.2. The SMILES string of the molecule is CC(C)c1ccc(S(=O)(=O)N2CC[NH+](CC(=O)Nc3ccccc3C(F)(F)F)CC2)cc1. The number of quaternary nitrogens is 1. The Morgan fingerprint density at radius 3 is 2.22 bits per heavy atom. The lowest BCUT2D eigenvalue weighted by molar-refractivity contribution is -0.895. The molecule has 1 heterocycles. The van der Waals surface area contributed by atoms with Gasteiger partial charge >= 0.3 is 6.18 Å². The summed E-state index contributed by atoms with van der Waals surface area (Å²) in [6.07, 6.45) is -4.57. The number of carbonyl (C=O) groups is 1. The molecule has 0 bridgehead atoms. The lowest BCUT2D eigenvalue weighted by atomic mass is 10.0. The smallest absolute Gasteiger partial charge is 0.325 e. The predicted octanol–water partition coefficient (Wildman–Crippen LogP) is 2.36. The maximum Gasteiger partial charge on any atom is 0.418 e. The van der Waals surface area contributed by atoms with E-state index in [9.17, 15) is 26.4 Å². The Morgan fingerprint density at radius 1 is 1.06 bits per heavy atom. The number of nitrogens with zero attached hydrogens (tertiary/aromatic N) is 1. The Morgan fingerprint density at radius 2 is 1.66 bits per heavy atom. The topological polar surface area (TPSA) is 70.9 Å². The first-order valence-corrected chi connectivity index (χ1v) is 11.8. The molecule has 1 saturated heterocycles. The van der Waals surface area contributed by atoms with Crippen LogP contribution in [0.2, 0.25) is 0 Å². The van der Waals surface area contributed by atoms with Gasteiger partial charge in [0, 0.05) is 0 Å². The zero-order chi connectivity index (χ0) is 23.5. The minimum absolute atomic E-state index is 0.0385. The molecule has 2 N–H and O–H groups in total. The molecule has 1 aliphatic heterocycles. The Bertz CT molecular complexity index is 1050. The number of alkyl halides is 3. The Balaban J connectivity index is 1.57. The maximum atomic E-state index is 13.1. The van der Waals surface area contributed by atoms with Gasteiger partial charge < -0.3 is 10.2 Å². The van der Waals surface area contributed by atoms with Gasteiger partial charge in [-0.1, -0.05) is 38.1 Å². The van der Waals surface area contributed by atoms with Gasteiger partial charge in [-0.2, -0.15) is 17.5 Å². The molecule has 1 fully saturated rings. The summed E-state index contributed by atoms with van der Waals surface area (Å²) in [5.41, 5.74) is -0.130. The van der Waals surface area contributed by atoms with E-state index < -0.39 is 27.7 Å². The summed E-state index contributed by atoms with van der Waals surface area (Å²) in [5.74, 6) is -0.245. The summed E-state index contributed by atoms with van der Waals surface area (Å²) in [5, 5.41) is 2.33. The van der Waals surface area contributed by atoms with Gasteiger partial charge in [-0.3, -0.25) is 4.79 Å².